The van der Waals surface area contributed by atoms with Gasteiger partial charge in [-0.2, -0.15) is 4.98 Å². The van der Waals surface area contributed by atoms with Crippen LogP contribution in [0.4, 0.5) is 0 Å². The summed E-state index contributed by atoms with van der Waals surface area (Å²) in [4.78, 5) is 15.5. The topological polar surface area (TPSA) is 68.0 Å². The lowest BCUT2D eigenvalue weighted by Gasteiger charge is -2.16. The summed E-state index contributed by atoms with van der Waals surface area (Å²) in [6, 6.07) is 0. The SMILES string of the molecule is Cc1nc(CCNC(=O)C(C)(C)C)no1. The average molecular weight is 211 g/mol. The molecule has 5 nitrogen and oxygen atoms in total. The van der Waals surface area contributed by atoms with E-state index in [0.717, 1.165) is 0 Å². The van der Waals surface area contributed by atoms with Gasteiger partial charge in [-0.3, -0.25) is 4.79 Å². The highest BCUT2D eigenvalue weighted by Crippen LogP contribution is 2.12. The van der Waals surface area contributed by atoms with Crippen LogP contribution in [0.3, 0.4) is 0 Å². The number of carbonyl (C=O) groups is 1. The number of hydrogen-bond donors (Lipinski definition) is 1. The molecular weight excluding hydrogens is 194 g/mol. The Morgan fingerprint density at radius 1 is 1.47 bits per heavy atom. The molecule has 0 saturated carbocycles. The molecule has 0 aliphatic carbocycles. The number of aromatic nitrogens is 2. The predicted octanol–water partition coefficient (Wildman–Crippen LogP) is 1.08. The van der Waals surface area contributed by atoms with Crippen molar-refractivity contribution < 1.29 is 9.32 Å². The molecule has 0 radical (unpaired) electrons. The Kier molecular flexibility index (Phi) is 3.44. The van der Waals surface area contributed by atoms with Crippen molar-refractivity contribution in [1.29, 1.82) is 0 Å². The molecule has 0 fully saturated rings. The zero-order valence-corrected chi connectivity index (χ0v) is 9.63. The quantitative estimate of drug-likeness (QED) is 0.812. The van der Waals surface area contributed by atoms with Gasteiger partial charge in [-0.25, -0.2) is 0 Å². The summed E-state index contributed by atoms with van der Waals surface area (Å²) in [5.74, 6) is 1.21. The molecule has 0 atom stereocenters. The Bertz CT molecular complexity index is 339. The third-order valence-electron chi connectivity index (χ3n) is 1.88. The van der Waals surface area contributed by atoms with Crippen LogP contribution in [0.2, 0.25) is 0 Å². The Hall–Kier alpha value is -1.39. The van der Waals surface area contributed by atoms with Crippen LogP contribution in [0.1, 0.15) is 32.5 Å². The van der Waals surface area contributed by atoms with Crippen molar-refractivity contribution in [3.8, 4) is 0 Å². The normalized spacial score (nSPS) is 11.5. The molecule has 15 heavy (non-hydrogen) atoms. The lowest BCUT2D eigenvalue weighted by molar-refractivity contribution is -0.128. The van der Waals surface area contributed by atoms with E-state index in [0.29, 0.717) is 24.7 Å². The van der Waals surface area contributed by atoms with Crippen molar-refractivity contribution >= 4 is 5.91 Å². The van der Waals surface area contributed by atoms with Gasteiger partial charge in [-0.1, -0.05) is 25.9 Å². The second kappa shape index (κ2) is 4.42. The summed E-state index contributed by atoms with van der Waals surface area (Å²) in [5.41, 5.74) is -0.354. The predicted molar refractivity (Wildman–Crippen MR) is 55.2 cm³/mol. The number of nitrogens with zero attached hydrogens (tertiary/aromatic N) is 2. The molecule has 0 aromatic carbocycles. The highest BCUT2D eigenvalue weighted by Gasteiger charge is 2.20. The first-order valence-corrected chi connectivity index (χ1v) is 4.97. The third-order valence-corrected chi connectivity index (χ3v) is 1.88. The van der Waals surface area contributed by atoms with E-state index in [1.54, 1.807) is 6.92 Å². The van der Waals surface area contributed by atoms with Crippen LogP contribution in [0.15, 0.2) is 4.52 Å². The number of rotatable bonds is 3. The Balaban J connectivity index is 2.31. The molecule has 1 amide bonds. The summed E-state index contributed by atoms with van der Waals surface area (Å²) >= 11 is 0. The minimum absolute atomic E-state index is 0.0303. The lowest BCUT2D eigenvalue weighted by Crippen LogP contribution is -2.36. The smallest absolute Gasteiger partial charge is 0.225 e. The second-order valence-corrected chi connectivity index (χ2v) is 4.49. The number of hydrogen-bond acceptors (Lipinski definition) is 4. The highest BCUT2D eigenvalue weighted by molar-refractivity contribution is 5.81. The Morgan fingerprint density at radius 3 is 2.60 bits per heavy atom. The molecule has 5 heteroatoms. The minimum atomic E-state index is -0.354. The standard InChI is InChI=1S/C10H17N3O2/c1-7-12-8(13-15-7)5-6-11-9(14)10(2,3)4/h5-6H2,1-4H3,(H,11,14). The van der Waals surface area contributed by atoms with Crippen molar-refractivity contribution in [2.75, 3.05) is 6.54 Å². The summed E-state index contributed by atoms with van der Waals surface area (Å²) < 4.78 is 4.82. The van der Waals surface area contributed by atoms with E-state index >= 15 is 0 Å². The number of amides is 1. The minimum Gasteiger partial charge on any atom is -0.355 e. The van der Waals surface area contributed by atoms with Gasteiger partial charge in [0.05, 0.1) is 0 Å². The first-order valence-electron chi connectivity index (χ1n) is 4.97. The summed E-state index contributed by atoms with van der Waals surface area (Å²) in [6.07, 6.45) is 0.596. The molecular formula is C10H17N3O2. The van der Waals surface area contributed by atoms with Crippen molar-refractivity contribution in [3.63, 3.8) is 0 Å². The van der Waals surface area contributed by atoms with E-state index < -0.39 is 0 Å². The van der Waals surface area contributed by atoms with Gasteiger partial charge in [-0.05, 0) is 0 Å². The van der Waals surface area contributed by atoms with Gasteiger partial charge < -0.3 is 9.84 Å². The summed E-state index contributed by atoms with van der Waals surface area (Å²) in [7, 11) is 0. The summed E-state index contributed by atoms with van der Waals surface area (Å²) in [6.45, 7) is 7.90. The van der Waals surface area contributed by atoms with Gasteiger partial charge in [0.1, 0.15) is 0 Å². The number of nitrogens with one attached hydrogen (secondary N) is 1. The van der Waals surface area contributed by atoms with Crippen molar-refractivity contribution in [2.24, 2.45) is 5.41 Å². The number of aryl methyl sites for hydroxylation is 1. The van der Waals surface area contributed by atoms with Crippen LogP contribution in [0.5, 0.6) is 0 Å². The molecule has 0 aliphatic heterocycles. The maximum Gasteiger partial charge on any atom is 0.225 e. The van der Waals surface area contributed by atoms with Crippen LogP contribution in [-0.4, -0.2) is 22.6 Å². The molecule has 1 aromatic rings. The van der Waals surface area contributed by atoms with Crippen LogP contribution < -0.4 is 5.32 Å². The fraction of sp³-hybridized carbons (Fsp3) is 0.700. The van der Waals surface area contributed by atoms with Gasteiger partial charge >= 0.3 is 0 Å². The molecule has 0 saturated heterocycles. The Labute approximate surface area is 89.2 Å². The lowest BCUT2D eigenvalue weighted by atomic mass is 9.96. The van der Waals surface area contributed by atoms with Crippen LogP contribution >= 0.6 is 0 Å². The van der Waals surface area contributed by atoms with E-state index in [1.165, 1.54) is 0 Å². The average Bonchev–Trinajstić information content (AvgIpc) is 2.49. The van der Waals surface area contributed by atoms with E-state index in [-0.39, 0.29) is 11.3 Å². The largest absolute Gasteiger partial charge is 0.355 e. The number of carbonyl (C=O) groups excluding carboxylic acids is 1. The fourth-order valence-corrected chi connectivity index (χ4v) is 0.996. The van der Waals surface area contributed by atoms with Crippen LogP contribution in [0.25, 0.3) is 0 Å². The molecule has 1 rings (SSSR count). The van der Waals surface area contributed by atoms with E-state index in [2.05, 4.69) is 15.5 Å². The molecule has 1 aromatic heterocycles. The molecule has 1 N–H and O–H groups in total. The van der Waals surface area contributed by atoms with Gasteiger partial charge in [0, 0.05) is 25.3 Å². The molecule has 0 spiro atoms. The van der Waals surface area contributed by atoms with E-state index in [9.17, 15) is 4.79 Å². The van der Waals surface area contributed by atoms with Crippen molar-refractivity contribution in [3.05, 3.63) is 11.7 Å². The van der Waals surface area contributed by atoms with Gasteiger partial charge in [-0.15, -0.1) is 0 Å². The zero-order valence-electron chi connectivity index (χ0n) is 9.63. The third kappa shape index (κ3) is 3.69. The van der Waals surface area contributed by atoms with Crippen LogP contribution in [-0.2, 0) is 11.2 Å². The Morgan fingerprint density at radius 2 is 2.13 bits per heavy atom. The summed E-state index contributed by atoms with van der Waals surface area (Å²) in [5, 5.41) is 6.56. The van der Waals surface area contributed by atoms with Crippen molar-refractivity contribution in [2.45, 2.75) is 34.1 Å². The first kappa shape index (κ1) is 11.7. The molecule has 0 unspecified atom stereocenters. The van der Waals surface area contributed by atoms with Crippen LogP contribution in [0, 0.1) is 12.3 Å². The maximum atomic E-state index is 11.5. The highest BCUT2D eigenvalue weighted by atomic mass is 16.5. The second-order valence-electron chi connectivity index (χ2n) is 4.49. The fourth-order valence-electron chi connectivity index (χ4n) is 0.996. The van der Waals surface area contributed by atoms with E-state index in [4.69, 9.17) is 4.52 Å². The van der Waals surface area contributed by atoms with E-state index in [1.807, 2.05) is 20.8 Å². The molecule has 1 heterocycles. The molecule has 0 bridgehead atoms. The maximum absolute atomic E-state index is 11.5. The molecule has 0 aliphatic rings. The molecule has 84 valence electrons. The van der Waals surface area contributed by atoms with Crippen molar-refractivity contribution in [1.82, 2.24) is 15.5 Å². The van der Waals surface area contributed by atoms with Gasteiger partial charge in [0.25, 0.3) is 0 Å². The van der Waals surface area contributed by atoms with Gasteiger partial charge in [0.15, 0.2) is 5.82 Å². The first-order chi connectivity index (χ1) is 6.89. The zero-order chi connectivity index (χ0) is 11.5. The monoisotopic (exact) mass is 211 g/mol. The van der Waals surface area contributed by atoms with Gasteiger partial charge in [0.2, 0.25) is 11.8 Å².